The van der Waals surface area contributed by atoms with Gasteiger partial charge in [0, 0.05) is 10.0 Å². The zero-order chi connectivity index (χ0) is 14.6. The number of hydrogen-bond donors (Lipinski definition) is 2. The summed E-state index contributed by atoms with van der Waals surface area (Å²) in [4.78, 5) is 11.4. The van der Waals surface area contributed by atoms with Crippen LogP contribution in [0, 0.1) is 0 Å². The van der Waals surface area contributed by atoms with E-state index in [1.54, 1.807) is 12.1 Å². The van der Waals surface area contributed by atoms with Crippen LogP contribution in [0.2, 0.25) is 0 Å². The Morgan fingerprint density at radius 2 is 2.11 bits per heavy atom. The SMILES string of the molecule is C=C(C)C(=O)OC(O)(CO)Oc1ccc(Br)cc1Br. The van der Waals surface area contributed by atoms with Crippen LogP contribution in [0.4, 0.5) is 0 Å². The zero-order valence-corrected chi connectivity index (χ0v) is 13.2. The van der Waals surface area contributed by atoms with Crippen molar-refractivity contribution in [2.75, 3.05) is 6.61 Å². The molecule has 2 N–H and O–H groups in total. The van der Waals surface area contributed by atoms with Crippen LogP contribution >= 0.6 is 31.9 Å². The van der Waals surface area contributed by atoms with Crippen molar-refractivity contribution in [3.05, 3.63) is 39.3 Å². The van der Waals surface area contributed by atoms with Crippen LogP contribution in [0.15, 0.2) is 39.3 Å². The van der Waals surface area contributed by atoms with Crippen molar-refractivity contribution in [3.8, 4) is 5.75 Å². The molecule has 1 aromatic rings. The Kier molecular flexibility index (Phi) is 5.54. The molecule has 0 spiro atoms. The highest BCUT2D eigenvalue weighted by Crippen LogP contribution is 2.30. The summed E-state index contributed by atoms with van der Waals surface area (Å²) in [7, 11) is 0. The summed E-state index contributed by atoms with van der Waals surface area (Å²) in [5.41, 5.74) is 0.0744. The van der Waals surface area contributed by atoms with E-state index >= 15 is 0 Å². The predicted octanol–water partition coefficient (Wildman–Crippen LogP) is 2.35. The van der Waals surface area contributed by atoms with E-state index < -0.39 is 18.5 Å². The zero-order valence-electron chi connectivity index (χ0n) is 10.0. The molecule has 1 rings (SSSR count). The Balaban J connectivity index is 2.91. The molecule has 1 unspecified atom stereocenters. The number of benzene rings is 1. The van der Waals surface area contributed by atoms with E-state index in [2.05, 4.69) is 43.2 Å². The highest BCUT2D eigenvalue weighted by atomic mass is 79.9. The Morgan fingerprint density at radius 3 is 2.58 bits per heavy atom. The Labute approximate surface area is 127 Å². The van der Waals surface area contributed by atoms with Gasteiger partial charge in [-0.1, -0.05) is 22.5 Å². The second-order valence-corrected chi connectivity index (χ2v) is 5.49. The summed E-state index contributed by atoms with van der Waals surface area (Å²) in [6.45, 7) is 3.86. The monoisotopic (exact) mass is 394 g/mol. The molecule has 0 aromatic heterocycles. The minimum atomic E-state index is -2.47. The summed E-state index contributed by atoms with van der Waals surface area (Å²) in [6, 6.07) is 4.87. The number of aliphatic hydroxyl groups is 2. The normalized spacial score (nSPS) is 13.5. The van der Waals surface area contributed by atoms with E-state index in [1.165, 1.54) is 13.0 Å². The number of hydrogen-bond acceptors (Lipinski definition) is 5. The van der Waals surface area contributed by atoms with Gasteiger partial charge in [0.15, 0.2) is 0 Å². The summed E-state index contributed by atoms with van der Waals surface area (Å²) in [5.74, 6) is -3.13. The van der Waals surface area contributed by atoms with Crippen molar-refractivity contribution in [1.82, 2.24) is 0 Å². The third-order valence-corrected chi connectivity index (χ3v) is 3.08. The highest BCUT2D eigenvalue weighted by molar-refractivity contribution is 9.11. The quantitative estimate of drug-likeness (QED) is 0.454. The molecule has 5 nitrogen and oxygen atoms in total. The smallest absolute Gasteiger partial charge is 0.396 e. The first kappa shape index (κ1) is 16.2. The van der Waals surface area contributed by atoms with E-state index in [0.717, 1.165) is 4.47 Å². The lowest BCUT2D eigenvalue weighted by Gasteiger charge is -2.26. The molecule has 0 heterocycles. The van der Waals surface area contributed by atoms with Gasteiger partial charge in [-0.25, -0.2) is 4.79 Å². The molecule has 0 aliphatic carbocycles. The Bertz CT molecular complexity index is 503. The largest absolute Gasteiger partial charge is 0.427 e. The van der Waals surface area contributed by atoms with Crippen molar-refractivity contribution in [1.29, 1.82) is 0 Å². The average molecular weight is 396 g/mol. The lowest BCUT2D eigenvalue weighted by Crippen LogP contribution is -2.44. The van der Waals surface area contributed by atoms with Crippen molar-refractivity contribution < 1.29 is 24.5 Å². The summed E-state index contributed by atoms with van der Waals surface area (Å²) >= 11 is 6.48. The molecule has 104 valence electrons. The minimum Gasteiger partial charge on any atom is -0.427 e. The maximum atomic E-state index is 11.4. The molecule has 0 radical (unpaired) electrons. The summed E-state index contributed by atoms with van der Waals surface area (Å²) < 4.78 is 11.1. The van der Waals surface area contributed by atoms with Gasteiger partial charge in [0.05, 0.1) is 4.47 Å². The third kappa shape index (κ3) is 4.61. The maximum absolute atomic E-state index is 11.4. The lowest BCUT2D eigenvalue weighted by molar-refractivity contribution is -0.314. The standard InChI is InChI=1S/C12H12Br2O5/c1-7(2)11(16)19-12(17,6-15)18-10-4-3-8(13)5-9(10)14/h3-5,15,17H,1,6H2,2H3. The van der Waals surface area contributed by atoms with Gasteiger partial charge in [0.25, 0.3) is 0 Å². The van der Waals surface area contributed by atoms with Gasteiger partial charge < -0.3 is 19.7 Å². The van der Waals surface area contributed by atoms with Gasteiger partial charge in [-0.3, -0.25) is 0 Å². The molecule has 0 aliphatic rings. The Hall–Kier alpha value is -0.890. The maximum Gasteiger partial charge on any atom is 0.396 e. The number of halogens is 2. The van der Waals surface area contributed by atoms with E-state index in [1.807, 2.05) is 0 Å². The number of rotatable bonds is 5. The molecule has 0 saturated carbocycles. The van der Waals surface area contributed by atoms with E-state index in [-0.39, 0.29) is 11.3 Å². The van der Waals surface area contributed by atoms with Gasteiger partial charge in [-0.15, -0.1) is 0 Å². The average Bonchev–Trinajstić information content (AvgIpc) is 2.32. The van der Waals surface area contributed by atoms with Crippen molar-refractivity contribution in [3.63, 3.8) is 0 Å². The number of ether oxygens (including phenoxy) is 2. The molecule has 0 aliphatic heterocycles. The van der Waals surface area contributed by atoms with Crippen LogP contribution in [0.5, 0.6) is 5.75 Å². The Morgan fingerprint density at radius 1 is 1.47 bits per heavy atom. The fraction of sp³-hybridized carbons (Fsp3) is 0.250. The highest BCUT2D eigenvalue weighted by Gasteiger charge is 2.34. The second-order valence-electron chi connectivity index (χ2n) is 3.72. The molecule has 0 fully saturated rings. The number of carbonyl (C=O) groups is 1. The van der Waals surface area contributed by atoms with E-state index in [0.29, 0.717) is 4.47 Å². The fourth-order valence-electron chi connectivity index (χ4n) is 1.05. The number of esters is 1. The molecule has 0 amide bonds. The van der Waals surface area contributed by atoms with Gasteiger partial charge in [-0.2, -0.15) is 0 Å². The number of carbonyl (C=O) groups excluding carboxylic acids is 1. The van der Waals surface area contributed by atoms with E-state index in [4.69, 9.17) is 9.84 Å². The molecule has 0 bridgehead atoms. The fourth-order valence-corrected chi connectivity index (χ4v) is 2.18. The van der Waals surface area contributed by atoms with Crippen LogP contribution in [0.3, 0.4) is 0 Å². The van der Waals surface area contributed by atoms with Crippen LogP contribution in [-0.2, 0) is 9.53 Å². The molecule has 1 atom stereocenters. The van der Waals surface area contributed by atoms with Gasteiger partial charge >= 0.3 is 11.9 Å². The first-order valence-electron chi connectivity index (χ1n) is 5.13. The topological polar surface area (TPSA) is 76.0 Å². The second kappa shape index (κ2) is 6.51. The minimum absolute atomic E-state index is 0.0744. The van der Waals surface area contributed by atoms with Crippen LogP contribution in [0.1, 0.15) is 6.92 Å². The summed E-state index contributed by atoms with van der Waals surface area (Å²) in [6.07, 6.45) is 0. The van der Waals surface area contributed by atoms with Crippen molar-refractivity contribution >= 4 is 37.8 Å². The van der Waals surface area contributed by atoms with E-state index in [9.17, 15) is 9.90 Å². The van der Waals surface area contributed by atoms with Gasteiger partial charge in [0.1, 0.15) is 12.4 Å². The molecule has 1 aromatic carbocycles. The number of aliphatic hydroxyl groups excluding tert-OH is 1. The predicted molar refractivity (Wildman–Crippen MR) is 75.4 cm³/mol. The molecular weight excluding hydrogens is 384 g/mol. The summed E-state index contributed by atoms with van der Waals surface area (Å²) in [5, 5.41) is 19.0. The third-order valence-electron chi connectivity index (χ3n) is 1.96. The van der Waals surface area contributed by atoms with Gasteiger partial charge in [-0.05, 0) is 41.1 Å². The van der Waals surface area contributed by atoms with Crippen LogP contribution < -0.4 is 4.74 Å². The van der Waals surface area contributed by atoms with Crippen molar-refractivity contribution in [2.45, 2.75) is 12.9 Å². The molecule has 0 saturated heterocycles. The van der Waals surface area contributed by atoms with Gasteiger partial charge in [0.2, 0.25) is 0 Å². The first-order chi connectivity index (χ1) is 8.77. The first-order valence-corrected chi connectivity index (χ1v) is 6.72. The lowest BCUT2D eigenvalue weighted by atomic mass is 10.3. The molecule has 19 heavy (non-hydrogen) atoms. The molecule has 7 heteroatoms. The van der Waals surface area contributed by atoms with Crippen LogP contribution in [0.25, 0.3) is 0 Å². The molecular formula is C12H12Br2O5. The van der Waals surface area contributed by atoms with Crippen LogP contribution in [-0.4, -0.2) is 28.8 Å². The van der Waals surface area contributed by atoms with Crippen molar-refractivity contribution in [2.24, 2.45) is 0 Å².